The minimum absolute atomic E-state index is 0.385. The predicted molar refractivity (Wildman–Crippen MR) is 64.9 cm³/mol. The van der Waals surface area contributed by atoms with Gasteiger partial charge in [0.2, 0.25) is 0 Å². The third-order valence-electron chi connectivity index (χ3n) is 4.30. The number of carbonyl (C=O) groups excluding carboxylic acids is 1. The maximum absolute atomic E-state index is 12.2. The molecule has 16 heavy (non-hydrogen) atoms. The summed E-state index contributed by atoms with van der Waals surface area (Å²) in [5.41, 5.74) is 4.90. The molecular formula is C15H18O. The second-order valence-corrected chi connectivity index (χ2v) is 5.47. The van der Waals surface area contributed by atoms with Crippen molar-refractivity contribution in [1.29, 1.82) is 0 Å². The highest BCUT2D eigenvalue weighted by Crippen LogP contribution is 2.47. The predicted octanol–water partition coefficient (Wildman–Crippen LogP) is 3.77. The van der Waals surface area contributed by atoms with Gasteiger partial charge in [-0.05, 0) is 49.7 Å². The standard InChI is InChI=1S/C15H18O/c1-9-6-10(2)15-13(7-9)12-5-3-4-11(12)8-14(15)16/h6-7,11-12H,3-5,8H2,1-2H3/t11-,12+/m0/s1. The Hall–Kier alpha value is -1.11. The number of rotatable bonds is 0. The summed E-state index contributed by atoms with van der Waals surface area (Å²) in [5, 5.41) is 0. The third kappa shape index (κ3) is 1.34. The SMILES string of the molecule is Cc1cc(C)c2c(c1)[C@@H]1CCC[C@H]1CC2=O. The fraction of sp³-hybridized carbons (Fsp3) is 0.533. The van der Waals surface area contributed by atoms with E-state index in [1.54, 1.807) is 0 Å². The van der Waals surface area contributed by atoms with Crippen LogP contribution in [0.4, 0.5) is 0 Å². The molecule has 2 aliphatic rings. The van der Waals surface area contributed by atoms with E-state index in [1.807, 2.05) is 0 Å². The van der Waals surface area contributed by atoms with E-state index in [4.69, 9.17) is 0 Å². The quantitative estimate of drug-likeness (QED) is 0.642. The number of fused-ring (bicyclic) bond motifs is 3. The first kappa shape index (κ1) is 10.1. The summed E-state index contributed by atoms with van der Waals surface area (Å²) in [6.45, 7) is 4.22. The van der Waals surface area contributed by atoms with Gasteiger partial charge in [0, 0.05) is 12.0 Å². The van der Waals surface area contributed by atoms with Crippen molar-refractivity contribution in [2.75, 3.05) is 0 Å². The highest BCUT2D eigenvalue weighted by atomic mass is 16.1. The Balaban J connectivity index is 2.20. The molecule has 0 saturated heterocycles. The first-order valence-corrected chi connectivity index (χ1v) is 6.31. The zero-order valence-electron chi connectivity index (χ0n) is 10.0. The fourth-order valence-electron chi connectivity index (χ4n) is 3.70. The van der Waals surface area contributed by atoms with E-state index in [0.29, 0.717) is 17.6 Å². The molecule has 0 radical (unpaired) electrons. The van der Waals surface area contributed by atoms with Gasteiger partial charge in [0.15, 0.2) is 5.78 Å². The molecule has 1 nitrogen and oxygen atoms in total. The van der Waals surface area contributed by atoms with Crippen molar-refractivity contribution in [3.8, 4) is 0 Å². The molecule has 1 heteroatoms. The molecule has 3 rings (SSSR count). The largest absolute Gasteiger partial charge is 0.294 e. The summed E-state index contributed by atoms with van der Waals surface area (Å²) in [6.07, 6.45) is 4.63. The fourth-order valence-corrected chi connectivity index (χ4v) is 3.70. The van der Waals surface area contributed by atoms with E-state index in [9.17, 15) is 4.79 Å². The van der Waals surface area contributed by atoms with E-state index in [1.165, 1.54) is 36.0 Å². The van der Waals surface area contributed by atoms with Gasteiger partial charge in [0.05, 0.1) is 0 Å². The number of hydrogen-bond donors (Lipinski definition) is 0. The highest BCUT2D eigenvalue weighted by Gasteiger charge is 2.37. The average Bonchev–Trinajstić information content (AvgIpc) is 2.64. The molecule has 0 amide bonds. The normalized spacial score (nSPS) is 27.8. The summed E-state index contributed by atoms with van der Waals surface area (Å²) in [6, 6.07) is 4.40. The van der Waals surface area contributed by atoms with Gasteiger partial charge >= 0.3 is 0 Å². The van der Waals surface area contributed by atoms with E-state index in [-0.39, 0.29) is 0 Å². The lowest BCUT2D eigenvalue weighted by Gasteiger charge is -2.29. The zero-order valence-corrected chi connectivity index (χ0v) is 10.0. The Kier molecular flexibility index (Phi) is 2.17. The first-order valence-electron chi connectivity index (χ1n) is 6.31. The monoisotopic (exact) mass is 214 g/mol. The number of hydrogen-bond acceptors (Lipinski definition) is 1. The van der Waals surface area contributed by atoms with Gasteiger partial charge in [-0.25, -0.2) is 0 Å². The molecule has 2 aliphatic carbocycles. The second-order valence-electron chi connectivity index (χ2n) is 5.47. The molecular weight excluding hydrogens is 196 g/mol. The van der Waals surface area contributed by atoms with Crippen LogP contribution in [-0.4, -0.2) is 5.78 Å². The number of benzene rings is 1. The van der Waals surface area contributed by atoms with Gasteiger partial charge in [-0.3, -0.25) is 4.79 Å². The zero-order chi connectivity index (χ0) is 11.3. The minimum atomic E-state index is 0.385. The summed E-state index contributed by atoms with van der Waals surface area (Å²) in [5.74, 6) is 1.70. The van der Waals surface area contributed by atoms with Crippen molar-refractivity contribution in [3.63, 3.8) is 0 Å². The first-order chi connectivity index (χ1) is 7.66. The van der Waals surface area contributed by atoms with Crippen molar-refractivity contribution >= 4 is 5.78 Å². The van der Waals surface area contributed by atoms with Crippen LogP contribution in [0.15, 0.2) is 12.1 Å². The van der Waals surface area contributed by atoms with Crippen molar-refractivity contribution in [2.24, 2.45) is 5.92 Å². The van der Waals surface area contributed by atoms with Gasteiger partial charge in [0.1, 0.15) is 0 Å². The second kappa shape index (κ2) is 3.44. The van der Waals surface area contributed by atoms with Crippen LogP contribution in [0.1, 0.15) is 58.6 Å². The molecule has 1 aromatic carbocycles. The lowest BCUT2D eigenvalue weighted by Crippen LogP contribution is -2.22. The van der Waals surface area contributed by atoms with Crippen LogP contribution in [0.2, 0.25) is 0 Å². The van der Waals surface area contributed by atoms with Crippen LogP contribution in [0.5, 0.6) is 0 Å². The van der Waals surface area contributed by atoms with Crippen molar-refractivity contribution in [1.82, 2.24) is 0 Å². The van der Waals surface area contributed by atoms with E-state index in [0.717, 1.165) is 12.0 Å². The van der Waals surface area contributed by atoms with Crippen molar-refractivity contribution < 1.29 is 4.79 Å². The summed E-state index contributed by atoms with van der Waals surface area (Å²) >= 11 is 0. The van der Waals surface area contributed by atoms with Crippen molar-refractivity contribution in [3.05, 3.63) is 34.4 Å². The summed E-state index contributed by atoms with van der Waals surface area (Å²) in [4.78, 5) is 12.2. The van der Waals surface area contributed by atoms with E-state index in [2.05, 4.69) is 26.0 Å². The Labute approximate surface area is 96.9 Å². The van der Waals surface area contributed by atoms with Crippen LogP contribution < -0.4 is 0 Å². The minimum Gasteiger partial charge on any atom is -0.294 e. The number of aryl methyl sites for hydroxylation is 2. The topological polar surface area (TPSA) is 17.1 Å². The Morgan fingerprint density at radius 2 is 2.00 bits per heavy atom. The molecule has 0 N–H and O–H groups in total. The molecule has 0 unspecified atom stereocenters. The maximum atomic E-state index is 12.2. The van der Waals surface area contributed by atoms with Gasteiger partial charge in [-0.2, -0.15) is 0 Å². The summed E-state index contributed by atoms with van der Waals surface area (Å²) in [7, 11) is 0. The lowest BCUT2D eigenvalue weighted by atomic mass is 9.74. The van der Waals surface area contributed by atoms with Crippen LogP contribution in [0.3, 0.4) is 0 Å². The number of carbonyl (C=O) groups is 1. The average molecular weight is 214 g/mol. The Morgan fingerprint density at radius 3 is 2.81 bits per heavy atom. The van der Waals surface area contributed by atoms with E-state index < -0.39 is 0 Å². The highest BCUT2D eigenvalue weighted by molar-refractivity contribution is 6.00. The van der Waals surface area contributed by atoms with Gasteiger partial charge in [-0.15, -0.1) is 0 Å². The molecule has 2 atom stereocenters. The number of Topliss-reactive ketones (excluding diaryl/α,β-unsaturated/α-hetero) is 1. The van der Waals surface area contributed by atoms with Crippen molar-refractivity contribution in [2.45, 2.75) is 45.4 Å². The van der Waals surface area contributed by atoms with Crippen LogP contribution in [0, 0.1) is 19.8 Å². The number of ketones is 1. The molecule has 1 aromatic rings. The van der Waals surface area contributed by atoms with Crippen LogP contribution >= 0.6 is 0 Å². The van der Waals surface area contributed by atoms with Gasteiger partial charge < -0.3 is 0 Å². The third-order valence-corrected chi connectivity index (χ3v) is 4.30. The molecule has 1 fully saturated rings. The lowest BCUT2D eigenvalue weighted by molar-refractivity contribution is 0.0943. The van der Waals surface area contributed by atoms with Crippen LogP contribution in [-0.2, 0) is 0 Å². The molecule has 84 valence electrons. The molecule has 0 spiro atoms. The molecule has 0 aromatic heterocycles. The van der Waals surface area contributed by atoms with Gasteiger partial charge in [0.25, 0.3) is 0 Å². The summed E-state index contributed by atoms with van der Waals surface area (Å²) < 4.78 is 0. The van der Waals surface area contributed by atoms with Crippen LogP contribution in [0.25, 0.3) is 0 Å². The molecule has 0 aliphatic heterocycles. The van der Waals surface area contributed by atoms with E-state index >= 15 is 0 Å². The molecule has 1 saturated carbocycles. The smallest absolute Gasteiger partial charge is 0.163 e. The molecule has 0 bridgehead atoms. The molecule has 0 heterocycles. The van der Waals surface area contributed by atoms with Gasteiger partial charge in [-0.1, -0.05) is 24.1 Å². The maximum Gasteiger partial charge on any atom is 0.163 e. The Morgan fingerprint density at radius 1 is 1.19 bits per heavy atom. The Bertz CT molecular complexity index is 459.